The number of hydrogen-bond donors (Lipinski definition) is 2. The van der Waals surface area contributed by atoms with E-state index < -0.39 is 0 Å². The maximum Gasteiger partial charge on any atom is 0.234 e. The first-order chi connectivity index (χ1) is 11.8. The van der Waals surface area contributed by atoms with Crippen LogP contribution in [0.1, 0.15) is 26.6 Å². The number of rotatable bonds is 6. The Morgan fingerprint density at radius 2 is 2.00 bits per heavy atom. The third-order valence-corrected chi connectivity index (χ3v) is 4.29. The molecule has 0 saturated heterocycles. The SMILES string of the molecule is COc1ccc(OC)c(NC(=O)CSc2nnc(C(C)(C)C)n2N)c1. The first-order valence-electron chi connectivity index (χ1n) is 7.62. The second-order valence-electron chi connectivity index (χ2n) is 6.33. The molecule has 136 valence electrons. The number of nitrogens with zero attached hydrogens (tertiary/aromatic N) is 3. The summed E-state index contributed by atoms with van der Waals surface area (Å²) >= 11 is 1.21. The third-order valence-electron chi connectivity index (χ3n) is 3.35. The van der Waals surface area contributed by atoms with Crippen molar-refractivity contribution in [3.63, 3.8) is 0 Å². The highest BCUT2D eigenvalue weighted by molar-refractivity contribution is 7.99. The Bertz CT molecular complexity index is 755. The van der Waals surface area contributed by atoms with Crippen molar-refractivity contribution in [2.75, 3.05) is 31.1 Å². The molecule has 0 unspecified atom stereocenters. The average Bonchev–Trinajstić information content (AvgIpc) is 2.93. The Kier molecular flexibility index (Phi) is 5.78. The van der Waals surface area contributed by atoms with E-state index in [4.69, 9.17) is 15.3 Å². The van der Waals surface area contributed by atoms with Crippen molar-refractivity contribution in [1.29, 1.82) is 0 Å². The van der Waals surface area contributed by atoms with Crippen molar-refractivity contribution in [1.82, 2.24) is 14.9 Å². The van der Waals surface area contributed by atoms with Gasteiger partial charge in [0.15, 0.2) is 5.82 Å². The number of aromatic nitrogens is 3. The van der Waals surface area contributed by atoms with Gasteiger partial charge in [-0.1, -0.05) is 32.5 Å². The lowest BCUT2D eigenvalue weighted by Gasteiger charge is -2.16. The van der Waals surface area contributed by atoms with E-state index in [1.165, 1.54) is 23.5 Å². The number of nitrogens with one attached hydrogen (secondary N) is 1. The van der Waals surface area contributed by atoms with Gasteiger partial charge in [0.1, 0.15) is 11.5 Å². The number of methoxy groups -OCH3 is 2. The molecule has 0 radical (unpaired) electrons. The molecule has 1 aromatic carbocycles. The molecule has 0 saturated carbocycles. The molecule has 1 amide bonds. The third kappa shape index (κ3) is 4.56. The van der Waals surface area contributed by atoms with Gasteiger partial charge in [0.2, 0.25) is 11.1 Å². The number of carbonyl (C=O) groups is 1. The van der Waals surface area contributed by atoms with Crippen LogP contribution in [0.5, 0.6) is 11.5 Å². The highest BCUT2D eigenvalue weighted by atomic mass is 32.2. The number of nitrogen functional groups attached to an aromatic ring is 1. The van der Waals surface area contributed by atoms with Crippen molar-refractivity contribution >= 4 is 23.4 Å². The van der Waals surface area contributed by atoms with E-state index in [1.54, 1.807) is 25.3 Å². The smallest absolute Gasteiger partial charge is 0.234 e. The molecular formula is C16H23N5O3S. The lowest BCUT2D eigenvalue weighted by molar-refractivity contribution is -0.113. The Labute approximate surface area is 151 Å². The van der Waals surface area contributed by atoms with Gasteiger partial charge in [0.05, 0.1) is 25.7 Å². The van der Waals surface area contributed by atoms with Gasteiger partial charge in [-0.2, -0.15) is 0 Å². The molecule has 9 heteroatoms. The minimum atomic E-state index is -0.225. The largest absolute Gasteiger partial charge is 0.497 e. The number of hydrogen-bond acceptors (Lipinski definition) is 7. The van der Waals surface area contributed by atoms with E-state index in [0.717, 1.165) is 0 Å². The number of nitrogens with two attached hydrogens (primary N) is 1. The molecule has 0 spiro atoms. The Morgan fingerprint density at radius 3 is 2.56 bits per heavy atom. The minimum Gasteiger partial charge on any atom is -0.497 e. The van der Waals surface area contributed by atoms with Crippen molar-refractivity contribution in [2.45, 2.75) is 31.3 Å². The molecular weight excluding hydrogens is 342 g/mol. The number of anilines is 1. The van der Waals surface area contributed by atoms with Crippen LogP contribution in [-0.4, -0.2) is 40.8 Å². The Balaban J connectivity index is 2.03. The fourth-order valence-corrected chi connectivity index (χ4v) is 2.77. The zero-order chi connectivity index (χ0) is 18.6. The monoisotopic (exact) mass is 365 g/mol. The van der Waals surface area contributed by atoms with Crippen LogP contribution in [0.2, 0.25) is 0 Å². The zero-order valence-corrected chi connectivity index (χ0v) is 15.8. The van der Waals surface area contributed by atoms with Crippen molar-refractivity contribution in [3.8, 4) is 11.5 Å². The van der Waals surface area contributed by atoms with Gasteiger partial charge >= 0.3 is 0 Å². The van der Waals surface area contributed by atoms with Gasteiger partial charge in [-0.15, -0.1) is 10.2 Å². The standard InChI is InChI=1S/C16H23N5O3S/c1-16(2,3)14-19-20-15(21(14)17)25-9-13(22)18-11-8-10(23-4)6-7-12(11)24-5/h6-8H,9,17H2,1-5H3,(H,18,22). The second-order valence-corrected chi connectivity index (χ2v) is 7.27. The first-order valence-corrected chi connectivity index (χ1v) is 8.60. The normalized spacial score (nSPS) is 11.2. The van der Waals surface area contributed by atoms with Crippen LogP contribution in [-0.2, 0) is 10.2 Å². The molecule has 0 aliphatic carbocycles. The average molecular weight is 365 g/mol. The Hall–Kier alpha value is -2.42. The second kappa shape index (κ2) is 7.64. The summed E-state index contributed by atoms with van der Waals surface area (Å²) in [5.74, 6) is 7.78. The predicted molar refractivity (Wildman–Crippen MR) is 97.8 cm³/mol. The fraction of sp³-hybridized carbons (Fsp3) is 0.438. The van der Waals surface area contributed by atoms with E-state index in [2.05, 4.69) is 15.5 Å². The molecule has 0 fully saturated rings. The van der Waals surface area contributed by atoms with Crippen molar-refractivity contribution in [3.05, 3.63) is 24.0 Å². The topological polar surface area (TPSA) is 104 Å². The predicted octanol–water partition coefficient (Wildman–Crippen LogP) is 2.04. The number of carbonyl (C=O) groups excluding carboxylic acids is 1. The number of thioether (sulfide) groups is 1. The maximum atomic E-state index is 12.2. The Morgan fingerprint density at radius 1 is 1.28 bits per heavy atom. The van der Waals surface area contributed by atoms with E-state index in [-0.39, 0.29) is 17.1 Å². The fourth-order valence-electron chi connectivity index (χ4n) is 2.11. The summed E-state index contributed by atoms with van der Waals surface area (Å²) in [6, 6.07) is 5.19. The quantitative estimate of drug-likeness (QED) is 0.596. The lowest BCUT2D eigenvalue weighted by Crippen LogP contribution is -2.24. The van der Waals surface area contributed by atoms with Crippen LogP contribution >= 0.6 is 11.8 Å². The molecule has 1 aromatic heterocycles. The van der Waals surface area contributed by atoms with E-state index >= 15 is 0 Å². The van der Waals surface area contributed by atoms with E-state index in [1.807, 2.05) is 20.8 Å². The van der Waals surface area contributed by atoms with E-state index in [0.29, 0.717) is 28.2 Å². The maximum absolute atomic E-state index is 12.2. The molecule has 2 rings (SSSR count). The van der Waals surface area contributed by atoms with Crippen molar-refractivity contribution < 1.29 is 14.3 Å². The summed E-state index contributed by atoms with van der Waals surface area (Å²) in [6.45, 7) is 5.99. The van der Waals surface area contributed by atoms with Crippen LogP contribution in [0, 0.1) is 0 Å². The summed E-state index contributed by atoms with van der Waals surface area (Å²) in [6.07, 6.45) is 0. The highest BCUT2D eigenvalue weighted by Gasteiger charge is 2.23. The number of ether oxygens (including phenoxy) is 2. The summed E-state index contributed by atoms with van der Waals surface area (Å²) in [5, 5.41) is 11.4. The molecule has 0 aliphatic rings. The van der Waals surface area contributed by atoms with Gasteiger partial charge in [0.25, 0.3) is 0 Å². The van der Waals surface area contributed by atoms with Crippen LogP contribution in [0.4, 0.5) is 5.69 Å². The molecule has 0 atom stereocenters. The van der Waals surface area contributed by atoms with Gasteiger partial charge in [-0.3, -0.25) is 4.79 Å². The lowest BCUT2D eigenvalue weighted by atomic mass is 9.96. The molecule has 0 bridgehead atoms. The van der Waals surface area contributed by atoms with Crippen molar-refractivity contribution in [2.24, 2.45) is 0 Å². The summed E-state index contributed by atoms with van der Waals surface area (Å²) in [4.78, 5) is 12.2. The minimum absolute atomic E-state index is 0.139. The summed E-state index contributed by atoms with van der Waals surface area (Å²) < 4.78 is 11.8. The van der Waals surface area contributed by atoms with Gasteiger partial charge in [-0.05, 0) is 12.1 Å². The summed E-state index contributed by atoms with van der Waals surface area (Å²) in [7, 11) is 3.10. The van der Waals surface area contributed by atoms with E-state index in [9.17, 15) is 4.79 Å². The van der Waals surface area contributed by atoms with Crippen LogP contribution in [0.3, 0.4) is 0 Å². The molecule has 2 aromatic rings. The van der Waals surface area contributed by atoms with Crippen LogP contribution < -0.4 is 20.6 Å². The molecule has 25 heavy (non-hydrogen) atoms. The number of benzene rings is 1. The van der Waals surface area contributed by atoms with Gasteiger partial charge < -0.3 is 20.6 Å². The van der Waals surface area contributed by atoms with Crippen LogP contribution in [0.15, 0.2) is 23.4 Å². The highest BCUT2D eigenvalue weighted by Crippen LogP contribution is 2.29. The van der Waals surface area contributed by atoms with Gasteiger partial charge in [-0.25, -0.2) is 4.68 Å². The molecule has 1 heterocycles. The van der Waals surface area contributed by atoms with Gasteiger partial charge in [0, 0.05) is 11.5 Å². The first kappa shape index (κ1) is 18.9. The summed E-state index contributed by atoms with van der Waals surface area (Å²) in [5.41, 5.74) is 0.314. The molecule has 3 N–H and O–H groups in total. The molecule has 0 aliphatic heterocycles. The molecule has 8 nitrogen and oxygen atoms in total. The van der Waals surface area contributed by atoms with Crippen LogP contribution in [0.25, 0.3) is 0 Å². The zero-order valence-electron chi connectivity index (χ0n) is 15.0. The number of amides is 1.